The maximum absolute atomic E-state index is 9.43. The van der Waals surface area contributed by atoms with Crippen molar-refractivity contribution in [1.82, 2.24) is 10.0 Å². The Morgan fingerprint density at radius 2 is 1.48 bits per heavy atom. The van der Waals surface area contributed by atoms with Gasteiger partial charge in [0.1, 0.15) is 11.8 Å². The van der Waals surface area contributed by atoms with Crippen LogP contribution in [-0.4, -0.2) is 46.9 Å². The summed E-state index contributed by atoms with van der Waals surface area (Å²) >= 11 is 0. The smallest absolute Gasteiger partial charge is 0.168 e. The lowest BCUT2D eigenvalue weighted by Crippen LogP contribution is -2.36. The molecule has 0 radical (unpaired) electrons. The summed E-state index contributed by atoms with van der Waals surface area (Å²) < 4.78 is 12.2. The van der Waals surface area contributed by atoms with Crippen LogP contribution in [0.3, 0.4) is 0 Å². The first-order valence-electron chi connectivity index (χ1n) is 11.4. The standard InChI is InChI=1S/C13H20N2OSi.C12H23NO2Si/c1-12(2,3)17-16-13(4,5)10-6-7-11(8-14)15-9-10;1-11(2,3)16-15-12(4,5)10-7-6-8-13(14)9-10/h6-7,9H,17H2,1-5H3;6-8,14H,9,16H2,1-5H3. The molecule has 0 bridgehead atoms. The Morgan fingerprint density at radius 1 is 0.939 bits per heavy atom. The quantitative estimate of drug-likeness (QED) is 0.582. The predicted molar refractivity (Wildman–Crippen MR) is 140 cm³/mol. The summed E-state index contributed by atoms with van der Waals surface area (Å²) in [6.07, 6.45) is 7.27. The minimum absolute atomic E-state index is 0.273. The summed E-state index contributed by atoms with van der Waals surface area (Å²) in [6.45, 7) is 22.0. The van der Waals surface area contributed by atoms with Gasteiger partial charge in [-0.3, -0.25) is 10.3 Å². The van der Waals surface area contributed by atoms with E-state index in [-0.39, 0.29) is 16.2 Å². The number of nitrogens with zero attached hydrogens (tertiary/aromatic N) is 3. The number of hydrogen-bond donors (Lipinski definition) is 1. The fraction of sp³-hybridized carbons (Fsp3) is 0.600. The molecule has 1 aromatic rings. The van der Waals surface area contributed by atoms with E-state index in [1.807, 2.05) is 24.3 Å². The largest absolute Gasteiger partial charge is 0.415 e. The van der Waals surface area contributed by atoms with Gasteiger partial charge < -0.3 is 8.85 Å². The molecule has 1 aliphatic rings. The van der Waals surface area contributed by atoms with Gasteiger partial charge in [0, 0.05) is 18.0 Å². The van der Waals surface area contributed by atoms with Crippen LogP contribution in [-0.2, 0) is 14.5 Å². The van der Waals surface area contributed by atoms with Crippen LogP contribution in [0, 0.1) is 11.3 Å². The van der Waals surface area contributed by atoms with Crippen LogP contribution in [0.2, 0.25) is 10.1 Å². The van der Waals surface area contributed by atoms with E-state index in [0.717, 1.165) is 11.1 Å². The van der Waals surface area contributed by atoms with Crippen molar-refractivity contribution in [3.8, 4) is 6.07 Å². The summed E-state index contributed by atoms with van der Waals surface area (Å²) in [7, 11) is -1.19. The lowest BCUT2D eigenvalue weighted by Gasteiger charge is -2.34. The highest BCUT2D eigenvalue weighted by Gasteiger charge is 2.28. The zero-order valence-electron chi connectivity index (χ0n) is 22.2. The van der Waals surface area contributed by atoms with E-state index in [0.29, 0.717) is 17.3 Å². The van der Waals surface area contributed by atoms with Crippen molar-refractivity contribution in [3.05, 3.63) is 53.5 Å². The van der Waals surface area contributed by atoms with E-state index in [4.69, 9.17) is 14.1 Å². The molecule has 184 valence electrons. The molecule has 0 aliphatic carbocycles. The average Bonchev–Trinajstić information content (AvgIpc) is 2.71. The van der Waals surface area contributed by atoms with Crippen molar-refractivity contribution >= 4 is 19.5 Å². The summed E-state index contributed by atoms with van der Waals surface area (Å²) in [5.41, 5.74) is 1.99. The van der Waals surface area contributed by atoms with Gasteiger partial charge in [-0.1, -0.05) is 53.7 Å². The van der Waals surface area contributed by atoms with E-state index in [1.54, 1.807) is 18.5 Å². The summed E-state index contributed by atoms with van der Waals surface area (Å²) in [4.78, 5) is 4.08. The Bertz CT molecular complexity index is 859. The Labute approximate surface area is 205 Å². The SMILES string of the molecule is CC(C)(C)[SiH2]OC(C)(C)C1=CC=CN(O)C1.CC(C)(C)[SiH2]OC(C)(C)c1ccc(C#N)nc1. The molecule has 33 heavy (non-hydrogen) atoms. The lowest BCUT2D eigenvalue weighted by atomic mass is 9.96. The first-order valence-corrected chi connectivity index (χ1v) is 14.0. The molecule has 2 heterocycles. The highest BCUT2D eigenvalue weighted by atomic mass is 28.2. The zero-order chi connectivity index (χ0) is 25.5. The molecule has 0 spiro atoms. The second-order valence-electron chi connectivity index (χ2n) is 11.9. The molecular formula is C25H43N3O3Si2. The Hall–Kier alpha value is -1.77. The number of hydrogen-bond acceptors (Lipinski definition) is 6. The number of pyridine rings is 1. The molecule has 0 atom stereocenters. The molecule has 6 nitrogen and oxygen atoms in total. The average molecular weight is 490 g/mol. The van der Waals surface area contributed by atoms with Crippen molar-refractivity contribution in [2.45, 2.75) is 90.5 Å². The second-order valence-corrected chi connectivity index (χ2v) is 17.3. The van der Waals surface area contributed by atoms with Gasteiger partial charge in [0.15, 0.2) is 19.5 Å². The Kier molecular flexibility index (Phi) is 10.3. The molecule has 0 unspecified atom stereocenters. The van der Waals surface area contributed by atoms with Crippen LogP contribution in [0.4, 0.5) is 0 Å². The normalized spacial score (nSPS) is 15.6. The van der Waals surface area contributed by atoms with Gasteiger partial charge in [-0.2, -0.15) is 5.26 Å². The van der Waals surface area contributed by atoms with Gasteiger partial charge in [-0.05, 0) is 55.5 Å². The molecule has 0 amide bonds. The van der Waals surface area contributed by atoms with Crippen LogP contribution in [0.25, 0.3) is 0 Å². The fourth-order valence-electron chi connectivity index (χ4n) is 2.72. The number of hydroxylamine groups is 2. The topological polar surface area (TPSA) is 78.6 Å². The number of nitriles is 1. The van der Waals surface area contributed by atoms with E-state index < -0.39 is 19.5 Å². The zero-order valence-corrected chi connectivity index (χ0v) is 25.0. The van der Waals surface area contributed by atoms with Crippen molar-refractivity contribution in [2.24, 2.45) is 0 Å². The van der Waals surface area contributed by atoms with Gasteiger partial charge in [-0.15, -0.1) is 0 Å². The molecule has 0 fully saturated rings. The molecule has 0 aromatic carbocycles. The van der Waals surface area contributed by atoms with Crippen LogP contribution < -0.4 is 0 Å². The lowest BCUT2D eigenvalue weighted by molar-refractivity contribution is -0.0399. The molecule has 1 aromatic heterocycles. The minimum atomic E-state index is -0.606. The van der Waals surface area contributed by atoms with Crippen molar-refractivity contribution in [1.29, 1.82) is 5.26 Å². The van der Waals surface area contributed by atoms with Crippen molar-refractivity contribution in [2.75, 3.05) is 6.54 Å². The van der Waals surface area contributed by atoms with Gasteiger partial charge in [-0.25, -0.2) is 4.98 Å². The van der Waals surface area contributed by atoms with Gasteiger partial charge >= 0.3 is 0 Å². The third-order valence-corrected chi connectivity index (χ3v) is 8.43. The first-order chi connectivity index (χ1) is 15.0. The van der Waals surface area contributed by atoms with E-state index in [1.165, 1.54) is 5.06 Å². The first kappa shape index (κ1) is 29.3. The Morgan fingerprint density at radius 3 is 1.91 bits per heavy atom. The van der Waals surface area contributed by atoms with E-state index in [9.17, 15) is 5.21 Å². The van der Waals surface area contributed by atoms with Crippen molar-refractivity contribution < 1.29 is 14.1 Å². The predicted octanol–water partition coefficient (Wildman–Crippen LogP) is 4.74. The number of aromatic nitrogens is 1. The molecular weight excluding hydrogens is 446 g/mol. The molecule has 0 saturated carbocycles. The minimum Gasteiger partial charge on any atom is -0.415 e. The van der Waals surface area contributed by atoms with Gasteiger partial charge in [0.05, 0.1) is 17.7 Å². The highest BCUT2D eigenvalue weighted by molar-refractivity contribution is 6.32. The number of rotatable bonds is 6. The maximum atomic E-state index is 9.43. The fourth-order valence-corrected chi connectivity index (χ4v) is 4.66. The van der Waals surface area contributed by atoms with Crippen LogP contribution in [0.1, 0.15) is 80.5 Å². The molecule has 1 aliphatic heterocycles. The molecule has 2 rings (SSSR count). The van der Waals surface area contributed by atoms with Crippen LogP contribution in [0.5, 0.6) is 0 Å². The summed E-state index contributed by atoms with van der Waals surface area (Å²) in [5, 5.41) is 19.9. The Balaban J connectivity index is 0.000000331. The molecule has 0 saturated heterocycles. The maximum Gasteiger partial charge on any atom is 0.168 e. The molecule has 1 N–H and O–H groups in total. The van der Waals surface area contributed by atoms with Gasteiger partial charge in [0.25, 0.3) is 0 Å². The van der Waals surface area contributed by atoms with Crippen molar-refractivity contribution in [3.63, 3.8) is 0 Å². The van der Waals surface area contributed by atoms with E-state index >= 15 is 0 Å². The summed E-state index contributed by atoms with van der Waals surface area (Å²) in [5.74, 6) is 0. The monoisotopic (exact) mass is 489 g/mol. The summed E-state index contributed by atoms with van der Waals surface area (Å²) in [6, 6.07) is 5.67. The third kappa shape index (κ3) is 11.3. The second kappa shape index (κ2) is 11.6. The highest BCUT2D eigenvalue weighted by Crippen LogP contribution is 2.29. The van der Waals surface area contributed by atoms with Gasteiger partial charge in [0.2, 0.25) is 0 Å². The molecule has 8 heteroatoms. The third-order valence-electron chi connectivity index (χ3n) is 4.97. The van der Waals surface area contributed by atoms with Crippen LogP contribution >= 0.6 is 0 Å². The number of allylic oxidation sites excluding steroid dienone is 2. The van der Waals surface area contributed by atoms with E-state index in [2.05, 4.69) is 74.2 Å². The van der Waals surface area contributed by atoms with Crippen LogP contribution in [0.15, 0.2) is 42.3 Å².